The Morgan fingerprint density at radius 2 is 2.21 bits per heavy atom. The molecule has 0 unspecified atom stereocenters. The standard InChI is InChI=1S/C17H21ClN4O2/c1-24-16-3-2-13(18)10-15(16)20-11-17(23)21-7-4-14(5-8-21)22-9-6-19-12-22/h2-3,6,9-10,12,14,20H,4-5,7-8,11H2,1H3. The average Bonchev–Trinajstić information content (AvgIpc) is 3.14. The van der Waals surface area contributed by atoms with E-state index in [4.69, 9.17) is 16.3 Å². The number of rotatable bonds is 5. The Bertz CT molecular complexity index is 682. The fourth-order valence-electron chi connectivity index (χ4n) is 3.00. The number of likely N-dealkylation sites (tertiary alicyclic amines) is 1. The van der Waals surface area contributed by atoms with E-state index in [1.165, 1.54) is 0 Å². The van der Waals surface area contributed by atoms with Crippen LogP contribution >= 0.6 is 11.6 Å². The van der Waals surface area contributed by atoms with E-state index in [-0.39, 0.29) is 12.5 Å². The molecule has 1 aliphatic heterocycles. The molecular formula is C17H21ClN4O2. The molecule has 128 valence electrons. The van der Waals surface area contributed by atoms with Gasteiger partial charge in [-0.2, -0.15) is 0 Å². The van der Waals surface area contributed by atoms with Gasteiger partial charge < -0.3 is 19.5 Å². The van der Waals surface area contributed by atoms with Gasteiger partial charge in [0.2, 0.25) is 5.91 Å². The first-order chi connectivity index (χ1) is 11.7. The summed E-state index contributed by atoms with van der Waals surface area (Å²) < 4.78 is 7.40. The normalized spacial score (nSPS) is 15.3. The molecule has 0 atom stereocenters. The number of carbonyl (C=O) groups excluding carboxylic acids is 1. The van der Waals surface area contributed by atoms with Crippen LogP contribution in [-0.2, 0) is 4.79 Å². The van der Waals surface area contributed by atoms with Gasteiger partial charge in [0.15, 0.2) is 0 Å². The van der Waals surface area contributed by atoms with Crippen LogP contribution in [0.1, 0.15) is 18.9 Å². The number of carbonyl (C=O) groups is 1. The second-order valence-corrected chi connectivity index (χ2v) is 6.26. The number of aromatic nitrogens is 2. The maximum atomic E-state index is 12.4. The van der Waals surface area contributed by atoms with Crippen LogP contribution in [0.25, 0.3) is 0 Å². The van der Waals surface area contributed by atoms with Crippen molar-refractivity contribution in [1.82, 2.24) is 14.5 Å². The molecule has 2 aromatic rings. The summed E-state index contributed by atoms with van der Waals surface area (Å²) in [6, 6.07) is 5.73. The number of amides is 1. The SMILES string of the molecule is COc1ccc(Cl)cc1NCC(=O)N1CCC(n2ccnc2)CC1. The molecule has 0 spiro atoms. The molecule has 1 aromatic carbocycles. The van der Waals surface area contributed by atoms with E-state index in [1.54, 1.807) is 31.5 Å². The summed E-state index contributed by atoms with van der Waals surface area (Å²) in [5.74, 6) is 0.757. The van der Waals surface area contributed by atoms with Crippen molar-refractivity contribution in [1.29, 1.82) is 0 Å². The Balaban J connectivity index is 1.52. The summed E-state index contributed by atoms with van der Waals surface area (Å²) >= 11 is 6.00. The van der Waals surface area contributed by atoms with Gasteiger partial charge >= 0.3 is 0 Å². The van der Waals surface area contributed by atoms with Crippen molar-refractivity contribution in [2.24, 2.45) is 0 Å². The maximum absolute atomic E-state index is 12.4. The number of benzene rings is 1. The Labute approximate surface area is 146 Å². The molecule has 1 saturated heterocycles. The van der Waals surface area contributed by atoms with Crippen LogP contribution in [0.2, 0.25) is 5.02 Å². The monoisotopic (exact) mass is 348 g/mol. The number of nitrogens with zero attached hydrogens (tertiary/aromatic N) is 3. The number of hydrogen-bond acceptors (Lipinski definition) is 4. The molecule has 0 bridgehead atoms. The van der Waals surface area contributed by atoms with E-state index in [0.29, 0.717) is 16.8 Å². The topological polar surface area (TPSA) is 59.4 Å². The fourth-order valence-corrected chi connectivity index (χ4v) is 3.17. The summed E-state index contributed by atoms with van der Waals surface area (Å²) in [7, 11) is 1.59. The molecule has 1 aliphatic rings. The third-order valence-corrected chi connectivity index (χ3v) is 4.59. The van der Waals surface area contributed by atoms with Gasteiger partial charge in [0.1, 0.15) is 5.75 Å². The summed E-state index contributed by atoms with van der Waals surface area (Å²) in [6.07, 6.45) is 7.51. The van der Waals surface area contributed by atoms with Crippen molar-refractivity contribution < 1.29 is 9.53 Å². The Kier molecular flexibility index (Phi) is 5.25. The van der Waals surface area contributed by atoms with Crippen LogP contribution in [0.4, 0.5) is 5.69 Å². The zero-order valence-electron chi connectivity index (χ0n) is 13.6. The van der Waals surface area contributed by atoms with Gasteiger partial charge in [-0.1, -0.05) is 11.6 Å². The van der Waals surface area contributed by atoms with E-state index in [2.05, 4.69) is 14.9 Å². The molecule has 1 aromatic heterocycles. The first-order valence-corrected chi connectivity index (χ1v) is 8.38. The number of piperidine rings is 1. The Morgan fingerprint density at radius 1 is 1.42 bits per heavy atom. The highest BCUT2D eigenvalue weighted by Gasteiger charge is 2.23. The largest absolute Gasteiger partial charge is 0.495 e. The van der Waals surface area contributed by atoms with Crippen molar-refractivity contribution >= 4 is 23.2 Å². The third kappa shape index (κ3) is 3.82. The van der Waals surface area contributed by atoms with Crippen molar-refractivity contribution in [3.63, 3.8) is 0 Å². The van der Waals surface area contributed by atoms with Gasteiger partial charge in [-0.05, 0) is 31.0 Å². The minimum Gasteiger partial charge on any atom is -0.495 e. The molecule has 24 heavy (non-hydrogen) atoms. The number of ether oxygens (including phenoxy) is 1. The molecule has 1 N–H and O–H groups in total. The quantitative estimate of drug-likeness (QED) is 0.902. The summed E-state index contributed by atoms with van der Waals surface area (Å²) in [4.78, 5) is 18.4. The molecule has 1 fully saturated rings. The number of anilines is 1. The number of imidazole rings is 1. The van der Waals surface area contributed by atoms with Gasteiger partial charge in [0.25, 0.3) is 0 Å². The lowest BCUT2D eigenvalue weighted by Gasteiger charge is -2.32. The maximum Gasteiger partial charge on any atom is 0.241 e. The highest BCUT2D eigenvalue weighted by Crippen LogP contribution is 2.27. The van der Waals surface area contributed by atoms with Gasteiger partial charge in [-0.3, -0.25) is 4.79 Å². The highest BCUT2D eigenvalue weighted by atomic mass is 35.5. The first kappa shape index (κ1) is 16.6. The molecule has 6 nitrogen and oxygen atoms in total. The predicted octanol–water partition coefficient (Wildman–Crippen LogP) is 2.82. The number of nitrogens with one attached hydrogen (secondary N) is 1. The minimum absolute atomic E-state index is 0.0844. The van der Waals surface area contributed by atoms with Crippen LogP contribution in [0.15, 0.2) is 36.9 Å². The molecule has 0 saturated carbocycles. The molecule has 1 amide bonds. The lowest BCUT2D eigenvalue weighted by Crippen LogP contribution is -2.41. The molecule has 2 heterocycles. The Hall–Kier alpha value is -2.21. The minimum atomic E-state index is 0.0844. The van der Waals surface area contributed by atoms with Crippen molar-refractivity contribution in [3.8, 4) is 5.75 Å². The second-order valence-electron chi connectivity index (χ2n) is 5.82. The summed E-state index contributed by atoms with van der Waals surface area (Å²) in [5.41, 5.74) is 0.728. The summed E-state index contributed by atoms with van der Waals surface area (Å²) in [5, 5.41) is 3.73. The lowest BCUT2D eigenvalue weighted by molar-refractivity contribution is -0.130. The highest BCUT2D eigenvalue weighted by molar-refractivity contribution is 6.30. The zero-order chi connectivity index (χ0) is 16.9. The smallest absolute Gasteiger partial charge is 0.241 e. The average molecular weight is 349 g/mol. The van der Waals surface area contributed by atoms with Crippen molar-refractivity contribution in [2.45, 2.75) is 18.9 Å². The number of halogens is 1. The molecule has 0 aliphatic carbocycles. The van der Waals surface area contributed by atoms with Gasteiger partial charge in [-0.25, -0.2) is 4.98 Å². The van der Waals surface area contributed by atoms with Crippen LogP contribution in [0, 0.1) is 0 Å². The van der Waals surface area contributed by atoms with Gasteiger partial charge in [0.05, 0.1) is 25.7 Å². The van der Waals surface area contributed by atoms with Gasteiger partial charge in [-0.15, -0.1) is 0 Å². The number of methoxy groups -OCH3 is 1. The van der Waals surface area contributed by atoms with E-state index in [1.807, 2.05) is 17.4 Å². The number of hydrogen-bond donors (Lipinski definition) is 1. The van der Waals surface area contributed by atoms with E-state index in [9.17, 15) is 4.79 Å². The van der Waals surface area contributed by atoms with Gasteiger partial charge in [0, 0.05) is 36.5 Å². The molecule has 7 heteroatoms. The van der Waals surface area contributed by atoms with E-state index >= 15 is 0 Å². The first-order valence-electron chi connectivity index (χ1n) is 8.00. The van der Waals surface area contributed by atoms with E-state index in [0.717, 1.165) is 31.6 Å². The predicted molar refractivity (Wildman–Crippen MR) is 93.6 cm³/mol. The van der Waals surface area contributed by atoms with E-state index < -0.39 is 0 Å². The van der Waals surface area contributed by atoms with Crippen LogP contribution in [0.5, 0.6) is 5.75 Å². The summed E-state index contributed by atoms with van der Waals surface area (Å²) in [6.45, 7) is 1.75. The lowest BCUT2D eigenvalue weighted by atomic mass is 10.0. The molecule has 0 radical (unpaired) electrons. The molecule has 3 rings (SSSR count). The third-order valence-electron chi connectivity index (χ3n) is 4.36. The Morgan fingerprint density at radius 3 is 2.88 bits per heavy atom. The van der Waals surface area contributed by atoms with Crippen LogP contribution in [-0.4, -0.2) is 47.1 Å². The zero-order valence-corrected chi connectivity index (χ0v) is 14.4. The van der Waals surface area contributed by atoms with Crippen molar-refractivity contribution in [3.05, 3.63) is 41.9 Å². The van der Waals surface area contributed by atoms with Crippen molar-refractivity contribution in [2.75, 3.05) is 32.1 Å². The molecular weight excluding hydrogens is 328 g/mol. The fraction of sp³-hybridized carbons (Fsp3) is 0.412. The van der Waals surface area contributed by atoms with Crippen LogP contribution in [0.3, 0.4) is 0 Å². The van der Waals surface area contributed by atoms with Crippen LogP contribution < -0.4 is 10.1 Å². The second kappa shape index (κ2) is 7.57.